The van der Waals surface area contributed by atoms with Gasteiger partial charge in [-0.2, -0.15) is 0 Å². The summed E-state index contributed by atoms with van der Waals surface area (Å²) >= 11 is 0. The van der Waals surface area contributed by atoms with E-state index in [0.717, 1.165) is 49.8 Å². The van der Waals surface area contributed by atoms with E-state index in [1.165, 1.54) is 5.56 Å². The van der Waals surface area contributed by atoms with Crippen molar-refractivity contribution >= 4 is 5.91 Å². The predicted molar refractivity (Wildman–Crippen MR) is 101 cm³/mol. The molecule has 2 aromatic rings. The van der Waals surface area contributed by atoms with Gasteiger partial charge in [-0.25, -0.2) is 0 Å². The van der Waals surface area contributed by atoms with Crippen molar-refractivity contribution in [3.63, 3.8) is 0 Å². The molecule has 2 aliphatic rings. The molecule has 0 spiro atoms. The van der Waals surface area contributed by atoms with Crippen LogP contribution in [0.3, 0.4) is 0 Å². The molecule has 1 aromatic heterocycles. The highest BCUT2D eigenvalue weighted by molar-refractivity contribution is 5.95. The van der Waals surface area contributed by atoms with Gasteiger partial charge in [0.1, 0.15) is 11.9 Å². The second-order valence-electron chi connectivity index (χ2n) is 7.44. The van der Waals surface area contributed by atoms with Gasteiger partial charge < -0.3 is 9.64 Å². The molecule has 0 radical (unpaired) electrons. The van der Waals surface area contributed by atoms with Gasteiger partial charge in [0.05, 0.1) is 6.20 Å². The Labute approximate surface area is 155 Å². The molecule has 0 saturated carbocycles. The largest absolute Gasteiger partial charge is 0.489 e. The summed E-state index contributed by atoms with van der Waals surface area (Å²) in [5, 5.41) is 0. The van der Waals surface area contributed by atoms with Crippen molar-refractivity contribution < 1.29 is 9.53 Å². The molecule has 26 heavy (non-hydrogen) atoms. The van der Waals surface area contributed by atoms with Crippen molar-refractivity contribution in [1.82, 2.24) is 9.88 Å². The van der Waals surface area contributed by atoms with E-state index in [9.17, 15) is 4.79 Å². The maximum absolute atomic E-state index is 13.1. The number of nitrogens with zero attached hydrogens (tertiary/aromatic N) is 2. The molecule has 2 bridgehead atoms. The van der Waals surface area contributed by atoms with E-state index in [1.54, 1.807) is 12.4 Å². The Morgan fingerprint density at radius 1 is 1.15 bits per heavy atom. The highest BCUT2D eigenvalue weighted by Crippen LogP contribution is 2.38. The van der Waals surface area contributed by atoms with Gasteiger partial charge in [0.15, 0.2) is 0 Å². The van der Waals surface area contributed by atoms with Crippen molar-refractivity contribution in [1.29, 1.82) is 0 Å². The Balaban J connectivity index is 1.43. The van der Waals surface area contributed by atoms with Gasteiger partial charge in [0.25, 0.3) is 5.91 Å². The normalized spacial score (nSPS) is 24.5. The minimum Gasteiger partial charge on any atom is -0.489 e. The third-order valence-corrected chi connectivity index (χ3v) is 5.60. The molecule has 4 heteroatoms. The molecule has 0 aliphatic carbocycles. The lowest BCUT2D eigenvalue weighted by atomic mass is 9.98. The van der Waals surface area contributed by atoms with Crippen molar-refractivity contribution in [3.05, 3.63) is 59.9 Å². The van der Waals surface area contributed by atoms with Crippen molar-refractivity contribution in [2.75, 3.05) is 0 Å². The molecule has 2 aliphatic heterocycles. The first kappa shape index (κ1) is 17.1. The number of aryl methyl sites for hydroxylation is 1. The molecule has 4 rings (SSSR count). The highest BCUT2D eigenvalue weighted by Gasteiger charge is 2.44. The minimum absolute atomic E-state index is 0.174. The second kappa shape index (κ2) is 7.48. The molecule has 136 valence electrons. The molecular formula is C22H26N2O2. The SMILES string of the molecule is CCCc1ccc(C(=O)N2C3CCC2CC(Oc2cccnc2)C3)cc1. The third kappa shape index (κ3) is 3.46. The van der Waals surface area contributed by atoms with E-state index >= 15 is 0 Å². The number of rotatable bonds is 5. The third-order valence-electron chi connectivity index (χ3n) is 5.60. The summed E-state index contributed by atoms with van der Waals surface area (Å²) in [4.78, 5) is 19.3. The zero-order valence-electron chi connectivity index (χ0n) is 15.3. The fourth-order valence-corrected chi connectivity index (χ4v) is 4.42. The molecule has 4 nitrogen and oxygen atoms in total. The van der Waals surface area contributed by atoms with E-state index in [0.29, 0.717) is 12.1 Å². The summed E-state index contributed by atoms with van der Waals surface area (Å²) in [5.74, 6) is 1.00. The number of aromatic nitrogens is 1. The van der Waals surface area contributed by atoms with Crippen LogP contribution in [0.4, 0.5) is 0 Å². The summed E-state index contributed by atoms with van der Waals surface area (Å²) in [6.45, 7) is 2.18. The van der Waals surface area contributed by atoms with Gasteiger partial charge in [-0.05, 0) is 49.1 Å². The highest BCUT2D eigenvalue weighted by atomic mass is 16.5. The molecule has 3 heterocycles. The molecule has 2 atom stereocenters. The summed E-state index contributed by atoms with van der Waals surface area (Å²) in [5.41, 5.74) is 2.11. The molecule has 2 fully saturated rings. The molecular weight excluding hydrogens is 324 g/mol. The molecule has 1 amide bonds. The van der Waals surface area contributed by atoms with E-state index in [-0.39, 0.29) is 12.0 Å². The maximum atomic E-state index is 13.1. The average molecular weight is 350 g/mol. The number of carbonyl (C=O) groups excluding carboxylic acids is 1. The van der Waals surface area contributed by atoms with Gasteiger partial charge in [-0.3, -0.25) is 9.78 Å². The predicted octanol–water partition coefficient (Wildman–Crippen LogP) is 4.25. The Morgan fingerprint density at radius 2 is 1.88 bits per heavy atom. The van der Waals surface area contributed by atoms with Crippen LogP contribution in [0.2, 0.25) is 0 Å². The van der Waals surface area contributed by atoms with Crippen LogP contribution in [0.5, 0.6) is 5.75 Å². The standard InChI is InChI=1S/C22H26N2O2/c1-2-4-16-6-8-17(9-7-16)22(25)24-18-10-11-19(24)14-21(13-18)26-20-5-3-12-23-15-20/h3,5-9,12,15,18-19,21H,2,4,10-11,13-14H2,1H3. The lowest BCUT2D eigenvalue weighted by Crippen LogP contribution is -2.49. The lowest BCUT2D eigenvalue weighted by molar-refractivity contribution is 0.0358. The van der Waals surface area contributed by atoms with E-state index in [2.05, 4.69) is 28.9 Å². The van der Waals surface area contributed by atoms with Crippen LogP contribution in [0, 0.1) is 0 Å². The van der Waals surface area contributed by atoms with Crippen molar-refractivity contribution in [3.8, 4) is 5.75 Å². The quantitative estimate of drug-likeness (QED) is 0.810. The zero-order valence-corrected chi connectivity index (χ0v) is 15.3. The summed E-state index contributed by atoms with van der Waals surface area (Å²) in [6.07, 6.45) is 9.86. The second-order valence-corrected chi connectivity index (χ2v) is 7.44. The van der Waals surface area contributed by atoms with Crippen LogP contribution in [-0.4, -0.2) is 34.0 Å². The monoisotopic (exact) mass is 350 g/mol. The number of ether oxygens (including phenoxy) is 1. The van der Waals surface area contributed by atoms with Crippen molar-refractivity contribution in [2.24, 2.45) is 0 Å². The van der Waals surface area contributed by atoms with E-state index in [4.69, 9.17) is 4.74 Å². The van der Waals surface area contributed by atoms with Crippen LogP contribution in [-0.2, 0) is 6.42 Å². The van der Waals surface area contributed by atoms with Gasteiger partial charge in [-0.1, -0.05) is 25.5 Å². The Morgan fingerprint density at radius 3 is 2.50 bits per heavy atom. The van der Waals surface area contributed by atoms with Crippen LogP contribution in [0.1, 0.15) is 54.9 Å². The van der Waals surface area contributed by atoms with Crippen LogP contribution in [0.15, 0.2) is 48.8 Å². The lowest BCUT2D eigenvalue weighted by Gasteiger charge is -2.39. The van der Waals surface area contributed by atoms with Gasteiger partial charge in [-0.15, -0.1) is 0 Å². The van der Waals surface area contributed by atoms with Crippen LogP contribution >= 0.6 is 0 Å². The summed E-state index contributed by atoms with van der Waals surface area (Å²) < 4.78 is 6.11. The average Bonchev–Trinajstić information content (AvgIpc) is 2.93. The van der Waals surface area contributed by atoms with Crippen LogP contribution < -0.4 is 4.74 Å². The number of pyridine rings is 1. The first-order valence-corrected chi connectivity index (χ1v) is 9.73. The molecule has 1 aromatic carbocycles. The topological polar surface area (TPSA) is 42.4 Å². The summed E-state index contributed by atoms with van der Waals surface area (Å²) in [7, 11) is 0. The fraction of sp³-hybridized carbons (Fsp3) is 0.455. The number of piperidine rings is 1. The first-order chi connectivity index (χ1) is 12.7. The van der Waals surface area contributed by atoms with Gasteiger partial charge in [0.2, 0.25) is 0 Å². The number of hydrogen-bond acceptors (Lipinski definition) is 3. The molecule has 2 saturated heterocycles. The summed E-state index contributed by atoms with van der Waals surface area (Å²) in [6, 6.07) is 12.6. The maximum Gasteiger partial charge on any atom is 0.254 e. The Kier molecular flexibility index (Phi) is 4.91. The zero-order chi connectivity index (χ0) is 17.9. The smallest absolute Gasteiger partial charge is 0.254 e. The number of fused-ring (bicyclic) bond motifs is 2. The van der Waals surface area contributed by atoms with Gasteiger partial charge in [0, 0.05) is 36.7 Å². The molecule has 2 unspecified atom stereocenters. The Hall–Kier alpha value is -2.36. The van der Waals surface area contributed by atoms with Gasteiger partial charge >= 0.3 is 0 Å². The number of benzene rings is 1. The first-order valence-electron chi connectivity index (χ1n) is 9.73. The number of hydrogen-bond donors (Lipinski definition) is 0. The Bertz CT molecular complexity index is 730. The van der Waals surface area contributed by atoms with Crippen molar-refractivity contribution in [2.45, 2.75) is 63.6 Å². The minimum atomic E-state index is 0.174. The fourth-order valence-electron chi connectivity index (χ4n) is 4.42. The number of carbonyl (C=O) groups is 1. The van der Waals surface area contributed by atoms with Crippen LogP contribution in [0.25, 0.3) is 0 Å². The number of amides is 1. The van der Waals surface area contributed by atoms with E-state index in [1.807, 2.05) is 24.3 Å². The van der Waals surface area contributed by atoms with E-state index < -0.39 is 0 Å². The molecule has 0 N–H and O–H groups in total.